The molecular formula is C14H17N3O2. The van der Waals surface area contributed by atoms with Crippen LogP contribution in [0.2, 0.25) is 0 Å². The highest BCUT2D eigenvalue weighted by Crippen LogP contribution is 2.40. The molecule has 1 saturated carbocycles. The van der Waals surface area contributed by atoms with Crippen molar-refractivity contribution >= 4 is 17.0 Å². The summed E-state index contributed by atoms with van der Waals surface area (Å²) in [4.78, 5) is 16.6. The van der Waals surface area contributed by atoms with Crippen molar-refractivity contribution in [2.75, 3.05) is 7.11 Å². The van der Waals surface area contributed by atoms with E-state index in [0.29, 0.717) is 11.5 Å². The molecule has 0 radical (unpaired) electrons. The molecule has 2 heterocycles. The predicted octanol–water partition coefficient (Wildman–Crippen LogP) is 2.68. The first-order valence-corrected chi connectivity index (χ1v) is 6.58. The van der Waals surface area contributed by atoms with E-state index >= 15 is 0 Å². The fourth-order valence-corrected chi connectivity index (χ4v) is 2.28. The zero-order valence-corrected chi connectivity index (χ0v) is 11.4. The second-order valence-electron chi connectivity index (χ2n) is 5.28. The maximum atomic E-state index is 11.9. The van der Waals surface area contributed by atoms with Crippen molar-refractivity contribution in [3.8, 4) is 0 Å². The third kappa shape index (κ3) is 1.99. The average Bonchev–Trinajstić information content (AvgIpc) is 3.16. The van der Waals surface area contributed by atoms with Crippen LogP contribution in [0, 0.1) is 0 Å². The molecule has 0 unspecified atom stereocenters. The monoisotopic (exact) mass is 259 g/mol. The molecule has 0 spiro atoms. The van der Waals surface area contributed by atoms with E-state index in [2.05, 4.69) is 23.9 Å². The molecule has 0 N–H and O–H groups in total. The van der Waals surface area contributed by atoms with E-state index in [1.807, 2.05) is 10.7 Å². The number of pyridine rings is 1. The van der Waals surface area contributed by atoms with E-state index < -0.39 is 0 Å². The molecule has 0 aromatic carbocycles. The van der Waals surface area contributed by atoms with Crippen molar-refractivity contribution in [3.63, 3.8) is 0 Å². The minimum absolute atomic E-state index is 0.213. The van der Waals surface area contributed by atoms with E-state index in [9.17, 15) is 4.79 Å². The van der Waals surface area contributed by atoms with E-state index in [0.717, 1.165) is 29.6 Å². The molecule has 0 atom stereocenters. The summed E-state index contributed by atoms with van der Waals surface area (Å²) in [6.07, 6.45) is 4.00. The molecule has 0 bridgehead atoms. The first kappa shape index (κ1) is 12.1. The molecule has 1 aliphatic carbocycles. The third-order valence-corrected chi connectivity index (χ3v) is 3.48. The maximum absolute atomic E-state index is 11.9. The standard InChI is InChI=1S/C14H17N3O2/c1-8(2)17-13-11(7-15-17)10(14(18)19-3)6-12(16-13)9-4-5-9/h6-9H,4-5H2,1-3H3. The van der Waals surface area contributed by atoms with Crippen molar-refractivity contribution in [2.24, 2.45) is 0 Å². The van der Waals surface area contributed by atoms with Crippen LogP contribution in [-0.4, -0.2) is 27.8 Å². The lowest BCUT2D eigenvalue weighted by Crippen LogP contribution is -2.07. The normalized spacial score (nSPS) is 15.2. The van der Waals surface area contributed by atoms with Gasteiger partial charge in [-0.1, -0.05) is 0 Å². The van der Waals surface area contributed by atoms with Gasteiger partial charge in [0.25, 0.3) is 0 Å². The number of carbonyl (C=O) groups is 1. The largest absolute Gasteiger partial charge is 0.465 e. The van der Waals surface area contributed by atoms with Crippen molar-refractivity contribution in [1.82, 2.24) is 14.8 Å². The topological polar surface area (TPSA) is 57.0 Å². The van der Waals surface area contributed by atoms with Gasteiger partial charge in [0, 0.05) is 17.7 Å². The lowest BCUT2D eigenvalue weighted by atomic mass is 10.1. The second kappa shape index (κ2) is 4.33. The van der Waals surface area contributed by atoms with E-state index in [1.54, 1.807) is 6.20 Å². The number of fused-ring (bicyclic) bond motifs is 1. The summed E-state index contributed by atoms with van der Waals surface area (Å²) in [6.45, 7) is 4.10. The Morgan fingerprint density at radius 2 is 2.21 bits per heavy atom. The number of esters is 1. The number of nitrogens with zero attached hydrogens (tertiary/aromatic N) is 3. The first-order chi connectivity index (χ1) is 9.11. The van der Waals surface area contributed by atoms with Gasteiger partial charge in [-0.3, -0.25) is 0 Å². The van der Waals surface area contributed by atoms with Crippen LogP contribution in [0.1, 0.15) is 54.7 Å². The zero-order chi connectivity index (χ0) is 13.6. The van der Waals surface area contributed by atoms with Crippen LogP contribution in [0.25, 0.3) is 11.0 Å². The smallest absolute Gasteiger partial charge is 0.338 e. The molecule has 0 saturated heterocycles. The van der Waals surface area contributed by atoms with E-state index in [4.69, 9.17) is 4.74 Å². The summed E-state index contributed by atoms with van der Waals surface area (Å²) < 4.78 is 6.72. The molecule has 0 amide bonds. The minimum Gasteiger partial charge on any atom is -0.465 e. The van der Waals surface area contributed by atoms with Crippen LogP contribution in [-0.2, 0) is 4.74 Å². The Kier molecular flexibility index (Phi) is 2.77. The number of rotatable bonds is 3. The Morgan fingerprint density at radius 1 is 1.47 bits per heavy atom. The molecule has 100 valence electrons. The fraction of sp³-hybridized carbons (Fsp3) is 0.500. The Morgan fingerprint density at radius 3 is 2.79 bits per heavy atom. The second-order valence-corrected chi connectivity index (χ2v) is 5.28. The van der Waals surface area contributed by atoms with Crippen LogP contribution in [0.15, 0.2) is 12.3 Å². The van der Waals surface area contributed by atoms with Gasteiger partial charge >= 0.3 is 5.97 Å². The predicted molar refractivity (Wildman–Crippen MR) is 71.2 cm³/mol. The van der Waals surface area contributed by atoms with Gasteiger partial charge in [-0.05, 0) is 32.8 Å². The summed E-state index contributed by atoms with van der Waals surface area (Å²) in [5.74, 6) is 0.168. The SMILES string of the molecule is COC(=O)c1cc(C2CC2)nc2c1cnn2C(C)C. The summed E-state index contributed by atoms with van der Waals surface area (Å²) >= 11 is 0. The summed E-state index contributed by atoms with van der Waals surface area (Å²) in [6, 6.07) is 2.07. The summed E-state index contributed by atoms with van der Waals surface area (Å²) in [5.41, 5.74) is 2.33. The Hall–Kier alpha value is -1.91. The van der Waals surface area contributed by atoms with Gasteiger partial charge in [0.15, 0.2) is 5.65 Å². The minimum atomic E-state index is -0.322. The molecule has 0 aliphatic heterocycles. The maximum Gasteiger partial charge on any atom is 0.338 e. The number of methoxy groups -OCH3 is 1. The van der Waals surface area contributed by atoms with Gasteiger partial charge in [-0.15, -0.1) is 0 Å². The molecule has 1 fully saturated rings. The lowest BCUT2D eigenvalue weighted by molar-refractivity contribution is 0.0603. The molecular weight excluding hydrogens is 242 g/mol. The molecule has 3 rings (SSSR count). The van der Waals surface area contributed by atoms with Gasteiger partial charge in [-0.25, -0.2) is 14.5 Å². The molecule has 5 nitrogen and oxygen atoms in total. The number of aromatic nitrogens is 3. The number of ether oxygens (including phenoxy) is 1. The van der Waals surface area contributed by atoms with Crippen LogP contribution in [0.5, 0.6) is 0 Å². The highest BCUT2D eigenvalue weighted by atomic mass is 16.5. The van der Waals surface area contributed by atoms with Gasteiger partial charge in [-0.2, -0.15) is 5.10 Å². The van der Waals surface area contributed by atoms with Gasteiger partial charge in [0.1, 0.15) is 0 Å². The molecule has 2 aromatic rings. The van der Waals surface area contributed by atoms with Crippen LogP contribution >= 0.6 is 0 Å². The van der Waals surface area contributed by atoms with Crippen molar-refractivity contribution < 1.29 is 9.53 Å². The van der Waals surface area contributed by atoms with Crippen LogP contribution in [0.3, 0.4) is 0 Å². The highest BCUT2D eigenvalue weighted by Gasteiger charge is 2.28. The van der Waals surface area contributed by atoms with Gasteiger partial charge < -0.3 is 4.74 Å². The average molecular weight is 259 g/mol. The number of hydrogen-bond acceptors (Lipinski definition) is 4. The lowest BCUT2D eigenvalue weighted by Gasteiger charge is -2.09. The van der Waals surface area contributed by atoms with Crippen LogP contribution < -0.4 is 0 Å². The van der Waals surface area contributed by atoms with Crippen molar-refractivity contribution in [1.29, 1.82) is 0 Å². The van der Waals surface area contributed by atoms with Gasteiger partial charge in [0.05, 0.1) is 24.3 Å². The first-order valence-electron chi connectivity index (χ1n) is 6.58. The van der Waals surface area contributed by atoms with Crippen LogP contribution in [0.4, 0.5) is 0 Å². The number of carbonyl (C=O) groups excluding carboxylic acids is 1. The summed E-state index contributed by atoms with van der Waals surface area (Å²) in [5, 5.41) is 5.11. The molecule has 5 heteroatoms. The number of hydrogen-bond donors (Lipinski definition) is 0. The van der Waals surface area contributed by atoms with Gasteiger partial charge in [0.2, 0.25) is 0 Å². The highest BCUT2D eigenvalue weighted by molar-refractivity contribution is 6.02. The van der Waals surface area contributed by atoms with E-state index in [1.165, 1.54) is 7.11 Å². The Labute approximate surface area is 111 Å². The quantitative estimate of drug-likeness (QED) is 0.795. The van der Waals surface area contributed by atoms with Crippen molar-refractivity contribution in [2.45, 2.75) is 38.6 Å². The summed E-state index contributed by atoms with van der Waals surface area (Å²) in [7, 11) is 1.40. The molecule has 19 heavy (non-hydrogen) atoms. The molecule has 1 aliphatic rings. The van der Waals surface area contributed by atoms with E-state index in [-0.39, 0.29) is 12.0 Å². The molecule has 2 aromatic heterocycles. The third-order valence-electron chi connectivity index (χ3n) is 3.48. The Balaban J connectivity index is 2.25. The fourth-order valence-electron chi connectivity index (χ4n) is 2.28. The Bertz CT molecular complexity index is 641. The van der Waals surface area contributed by atoms with Crippen molar-refractivity contribution in [3.05, 3.63) is 23.5 Å². The zero-order valence-electron chi connectivity index (χ0n) is 11.4.